The molecule has 0 radical (unpaired) electrons. The van der Waals surface area contributed by atoms with Gasteiger partial charge in [0, 0.05) is 0 Å². The van der Waals surface area contributed by atoms with Crippen LogP contribution in [0.25, 0.3) is 0 Å². The lowest BCUT2D eigenvalue weighted by molar-refractivity contribution is -0.159. The zero-order valence-corrected chi connectivity index (χ0v) is 11.6. The van der Waals surface area contributed by atoms with Gasteiger partial charge in [0.2, 0.25) is 0 Å². The van der Waals surface area contributed by atoms with Crippen LogP contribution in [0.4, 0.5) is 0 Å². The Morgan fingerprint density at radius 2 is 1.78 bits per heavy atom. The molecule has 0 amide bonds. The van der Waals surface area contributed by atoms with Gasteiger partial charge in [0.15, 0.2) is 6.61 Å². The second-order valence-electron chi connectivity index (χ2n) is 4.07. The Kier molecular flexibility index (Phi) is 10.3. The van der Waals surface area contributed by atoms with E-state index in [2.05, 4.69) is 0 Å². The quantitative estimate of drug-likeness (QED) is 0.444. The Morgan fingerprint density at radius 1 is 1.06 bits per heavy atom. The van der Waals surface area contributed by atoms with Crippen LogP contribution in [0, 0.1) is 0 Å². The van der Waals surface area contributed by atoms with Gasteiger partial charge in [-0.05, 0) is 19.8 Å². The summed E-state index contributed by atoms with van der Waals surface area (Å²) in [5.41, 5.74) is 0. The van der Waals surface area contributed by atoms with Crippen LogP contribution in [-0.2, 0) is 23.8 Å². The van der Waals surface area contributed by atoms with E-state index in [-0.39, 0.29) is 19.1 Å². The number of ether oxygens (including phenoxy) is 3. The predicted molar refractivity (Wildman–Crippen MR) is 67.1 cm³/mol. The fourth-order valence-electron chi connectivity index (χ4n) is 1.04. The second kappa shape index (κ2) is 11.0. The maximum Gasteiger partial charge on any atom is 0.344 e. The van der Waals surface area contributed by atoms with Crippen LogP contribution >= 0.6 is 0 Å². The molecule has 0 N–H and O–H groups in total. The minimum Gasteiger partial charge on any atom is -0.463 e. The largest absolute Gasteiger partial charge is 0.463 e. The summed E-state index contributed by atoms with van der Waals surface area (Å²) in [4.78, 5) is 22.4. The summed E-state index contributed by atoms with van der Waals surface area (Å²) in [7, 11) is 0. The lowest BCUT2D eigenvalue weighted by Gasteiger charge is -2.10. The fraction of sp³-hybridized carbons (Fsp3) is 0.846. The summed E-state index contributed by atoms with van der Waals surface area (Å²) in [6.45, 7) is 6.34. The van der Waals surface area contributed by atoms with Gasteiger partial charge in [-0.3, -0.25) is 4.79 Å². The smallest absolute Gasteiger partial charge is 0.344 e. The maximum absolute atomic E-state index is 11.2. The zero-order chi connectivity index (χ0) is 13.8. The highest BCUT2D eigenvalue weighted by molar-refractivity contribution is 5.76. The number of esters is 2. The molecule has 0 aliphatic carbocycles. The normalized spacial score (nSPS) is 11.9. The van der Waals surface area contributed by atoms with Crippen molar-refractivity contribution in [3.8, 4) is 0 Å². The summed E-state index contributed by atoms with van der Waals surface area (Å²) in [5.74, 6) is -0.939. The first-order valence-corrected chi connectivity index (χ1v) is 6.53. The van der Waals surface area contributed by atoms with E-state index < -0.39 is 11.9 Å². The lowest BCUT2D eigenvalue weighted by Crippen LogP contribution is -2.18. The average Bonchev–Trinajstić information content (AvgIpc) is 2.36. The van der Waals surface area contributed by atoms with Crippen molar-refractivity contribution in [1.29, 1.82) is 0 Å². The number of carbonyl (C=O) groups is 2. The van der Waals surface area contributed by atoms with Crippen molar-refractivity contribution in [3.63, 3.8) is 0 Å². The van der Waals surface area contributed by atoms with Crippen LogP contribution in [0.2, 0.25) is 0 Å². The van der Waals surface area contributed by atoms with E-state index >= 15 is 0 Å². The third-order valence-electron chi connectivity index (χ3n) is 2.40. The number of hydrogen-bond acceptors (Lipinski definition) is 5. The molecule has 0 heterocycles. The molecule has 5 heteroatoms. The molecule has 0 saturated heterocycles. The molecule has 0 aliphatic heterocycles. The molecule has 0 aromatic heterocycles. The van der Waals surface area contributed by atoms with E-state index in [1.807, 2.05) is 20.8 Å². The van der Waals surface area contributed by atoms with Crippen LogP contribution in [0.1, 0.15) is 46.5 Å². The van der Waals surface area contributed by atoms with Crippen LogP contribution < -0.4 is 0 Å². The molecule has 1 unspecified atom stereocenters. The van der Waals surface area contributed by atoms with Gasteiger partial charge in [-0.1, -0.05) is 20.3 Å². The van der Waals surface area contributed by atoms with Gasteiger partial charge in [-0.15, -0.1) is 0 Å². The second-order valence-corrected chi connectivity index (χ2v) is 4.07. The first kappa shape index (κ1) is 16.9. The number of rotatable bonds is 10. The molecule has 0 saturated carbocycles. The van der Waals surface area contributed by atoms with Gasteiger partial charge in [0.25, 0.3) is 0 Å². The number of carbonyl (C=O) groups excluding carboxylic acids is 2. The van der Waals surface area contributed by atoms with Crippen molar-refractivity contribution >= 4 is 11.9 Å². The van der Waals surface area contributed by atoms with Gasteiger partial charge >= 0.3 is 11.9 Å². The van der Waals surface area contributed by atoms with Crippen LogP contribution in [0.15, 0.2) is 0 Å². The van der Waals surface area contributed by atoms with Crippen molar-refractivity contribution in [2.75, 3.05) is 19.8 Å². The maximum atomic E-state index is 11.2. The molecule has 0 fully saturated rings. The Morgan fingerprint density at radius 3 is 2.39 bits per heavy atom. The van der Waals surface area contributed by atoms with Crippen LogP contribution in [-0.4, -0.2) is 37.9 Å². The summed E-state index contributed by atoms with van der Waals surface area (Å²) in [5, 5.41) is 0. The zero-order valence-electron chi connectivity index (χ0n) is 11.6. The molecule has 0 spiro atoms. The van der Waals surface area contributed by atoms with E-state index in [1.54, 1.807) is 0 Å². The molecule has 1 atom stereocenters. The molecule has 5 nitrogen and oxygen atoms in total. The molecule has 18 heavy (non-hydrogen) atoms. The van der Waals surface area contributed by atoms with Crippen molar-refractivity contribution in [3.05, 3.63) is 0 Å². The molecular weight excluding hydrogens is 236 g/mol. The lowest BCUT2D eigenvalue weighted by atomic mass is 10.3. The van der Waals surface area contributed by atoms with Gasteiger partial charge in [0.05, 0.1) is 25.7 Å². The summed E-state index contributed by atoms with van der Waals surface area (Å²) in [6, 6.07) is 0. The molecule has 0 aromatic rings. The van der Waals surface area contributed by atoms with Crippen molar-refractivity contribution in [1.82, 2.24) is 0 Å². The van der Waals surface area contributed by atoms with Crippen molar-refractivity contribution in [2.24, 2.45) is 0 Å². The highest BCUT2D eigenvalue weighted by Crippen LogP contribution is 1.98. The third-order valence-corrected chi connectivity index (χ3v) is 2.40. The fourth-order valence-corrected chi connectivity index (χ4v) is 1.04. The third kappa shape index (κ3) is 10.1. The Bertz CT molecular complexity index is 240. The SMILES string of the molecule is CCCCOC(=O)COC(=O)CCOC(C)CC. The Labute approximate surface area is 109 Å². The van der Waals surface area contributed by atoms with Gasteiger partial charge in [-0.25, -0.2) is 4.79 Å². The van der Waals surface area contributed by atoms with Gasteiger partial charge in [0.1, 0.15) is 0 Å². The molecular formula is C13H24O5. The monoisotopic (exact) mass is 260 g/mol. The Balaban J connectivity index is 3.49. The first-order valence-electron chi connectivity index (χ1n) is 6.53. The van der Waals surface area contributed by atoms with Crippen molar-refractivity contribution in [2.45, 2.75) is 52.6 Å². The molecule has 0 aliphatic rings. The minimum absolute atomic E-state index is 0.136. The van der Waals surface area contributed by atoms with E-state index in [1.165, 1.54) is 0 Å². The summed E-state index contributed by atoms with van der Waals surface area (Å²) >= 11 is 0. The molecule has 0 rings (SSSR count). The molecule has 0 bridgehead atoms. The van der Waals surface area contributed by atoms with Gasteiger partial charge < -0.3 is 14.2 Å². The summed E-state index contributed by atoms with van der Waals surface area (Å²) < 4.78 is 14.9. The van der Waals surface area contributed by atoms with E-state index in [0.29, 0.717) is 13.2 Å². The summed E-state index contributed by atoms with van der Waals surface area (Å²) in [6.07, 6.45) is 2.98. The highest BCUT2D eigenvalue weighted by Gasteiger charge is 2.09. The number of hydrogen-bond donors (Lipinski definition) is 0. The van der Waals surface area contributed by atoms with E-state index in [9.17, 15) is 9.59 Å². The van der Waals surface area contributed by atoms with E-state index in [4.69, 9.17) is 14.2 Å². The van der Waals surface area contributed by atoms with E-state index in [0.717, 1.165) is 19.3 Å². The Hall–Kier alpha value is -1.10. The van der Waals surface area contributed by atoms with Crippen molar-refractivity contribution < 1.29 is 23.8 Å². The van der Waals surface area contributed by atoms with Crippen LogP contribution in [0.3, 0.4) is 0 Å². The average molecular weight is 260 g/mol. The first-order chi connectivity index (χ1) is 8.60. The van der Waals surface area contributed by atoms with Crippen LogP contribution in [0.5, 0.6) is 0 Å². The topological polar surface area (TPSA) is 61.8 Å². The standard InChI is InChI=1S/C13H24O5/c1-4-6-8-17-13(15)10-18-12(14)7-9-16-11(3)5-2/h11H,4-10H2,1-3H3. The predicted octanol–water partition coefficient (Wildman–Crippen LogP) is 2.08. The molecule has 0 aromatic carbocycles. The number of unbranched alkanes of at least 4 members (excludes halogenated alkanes) is 1. The highest BCUT2D eigenvalue weighted by atomic mass is 16.6. The minimum atomic E-state index is -0.500. The molecule has 106 valence electrons. The van der Waals surface area contributed by atoms with Gasteiger partial charge in [-0.2, -0.15) is 0 Å².